The van der Waals surface area contributed by atoms with Crippen LogP contribution < -0.4 is 4.74 Å². The van der Waals surface area contributed by atoms with E-state index in [1.54, 1.807) is 18.0 Å². The Kier molecular flexibility index (Phi) is 5.24. The molecule has 35 heavy (non-hydrogen) atoms. The Morgan fingerprint density at radius 2 is 1.51 bits per heavy atom. The van der Waals surface area contributed by atoms with E-state index in [0.717, 1.165) is 39.0 Å². The molecular formula is C28H23N5O2. The third-order valence-electron chi connectivity index (χ3n) is 6.16. The van der Waals surface area contributed by atoms with Gasteiger partial charge in [-0.2, -0.15) is 0 Å². The van der Waals surface area contributed by atoms with Crippen LogP contribution in [-0.2, 0) is 6.54 Å². The van der Waals surface area contributed by atoms with Crippen LogP contribution in [0.15, 0.2) is 91.3 Å². The minimum absolute atomic E-state index is 0.0101. The van der Waals surface area contributed by atoms with Gasteiger partial charge in [0.1, 0.15) is 17.7 Å². The van der Waals surface area contributed by atoms with Gasteiger partial charge in [-0.25, -0.2) is 14.5 Å². The van der Waals surface area contributed by atoms with Crippen molar-refractivity contribution in [3.8, 4) is 39.5 Å². The molecule has 0 aliphatic heterocycles. The standard InChI is InChI=1S/C28H23N5O2/c1-35-22-15-9-8-14-21(22)26-30-28-24-23(19-10-4-2-5-11-19)25(20-12-6-3-7-13-20)32(16-17-34)27(24)29-18-33(28)31-26/h2-15,18,34H,16-17H2,1H3. The number of aliphatic hydroxyl groups excluding tert-OH is 1. The fourth-order valence-electron chi connectivity index (χ4n) is 4.68. The van der Waals surface area contributed by atoms with Crippen molar-refractivity contribution in [2.75, 3.05) is 13.7 Å². The van der Waals surface area contributed by atoms with Crippen molar-refractivity contribution in [2.45, 2.75) is 6.54 Å². The van der Waals surface area contributed by atoms with Crippen LogP contribution in [-0.4, -0.2) is 43.0 Å². The zero-order valence-corrected chi connectivity index (χ0v) is 19.2. The van der Waals surface area contributed by atoms with Crippen LogP contribution in [0.4, 0.5) is 0 Å². The molecule has 0 radical (unpaired) electrons. The van der Waals surface area contributed by atoms with Crippen molar-refractivity contribution in [3.63, 3.8) is 0 Å². The first kappa shape index (κ1) is 21.1. The normalized spacial score (nSPS) is 11.4. The predicted molar refractivity (Wildman–Crippen MR) is 136 cm³/mol. The van der Waals surface area contributed by atoms with E-state index < -0.39 is 0 Å². The molecule has 7 heteroatoms. The van der Waals surface area contributed by atoms with Gasteiger partial charge in [0.15, 0.2) is 11.5 Å². The molecule has 6 rings (SSSR count). The van der Waals surface area contributed by atoms with E-state index in [9.17, 15) is 5.11 Å². The molecule has 0 aliphatic carbocycles. The molecule has 3 aromatic carbocycles. The third-order valence-corrected chi connectivity index (χ3v) is 6.16. The molecular weight excluding hydrogens is 438 g/mol. The molecule has 0 amide bonds. The average molecular weight is 462 g/mol. The SMILES string of the molecule is COc1ccccc1-c1nc2c3c(-c4ccccc4)c(-c4ccccc4)n(CCO)c3ncn2n1. The Balaban J connectivity index is 1.74. The molecule has 0 saturated carbocycles. The number of ether oxygens (including phenoxy) is 1. The van der Waals surface area contributed by atoms with Gasteiger partial charge in [-0.05, 0) is 23.3 Å². The van der Waals surface area contributed by atoms with Gasteiger partial charge >= 0.3 is 0 Å². The molecule has 172 valence electrons. The summed E-state index contributed by atoms with van der Waals surface area (Å²) in [6.45, 7) is 0.397. The van der Waals surface area contributed by atoms with Gasteiger partial charge in [0, 0.05) is 12.1 Å². The number of nitrogens with zero attached hydrogens (tertiary/aromatic N) is 5. The Hall–Kier alpha value is -4.49. The number of para-hydroxylation sites is 1. The Morgan fingerprint density at radius 1 is 0.829 bits per heavy atom. The number of methoxy groups -OCH3 is 1. The van der Waals surface area contributed by atoms with Crippen molar-refractivity contribution in [3.05, 3.63) is 91.3 Å². The topological polar surface area (TPSA) is 77.5 Å². The number of benzene rings is 3. The molecule has 7 nitrogen and oxygen atoms in total. The number of hydrogen-bond donors (Lipinski definition) is 1. The Labute approximate surface area is 201 Å². The van der Waals surface area contributed by atoms with Gasteiger partial charge in [0.05, 0.1) is 30.4 Å². The quantitative estimate of drug-likeness (QED) is 0.374. The third kappa shape index (κ3) is 3.45. The lowest BCUT2D eigenvalue weighted by molar-refractivity contribution is 0.278. The van der Waals surface area contributed by atoms with Gasteiger partial charge in [-0.15, -0.1) is 5.10 Å². The lowest BCUT2D eigenvalue weighted by Crippen LogP contribution is -2.05. The van der Waals surface area contributed by atoms with Crippen LogP contribution in [0.2, 0.25) is 0 Å². The number of hydrogen-bond acceptors (Lipinski definition) is 5. The summed E-state index contributed by atoms with van der Waals surface area (Å²) in [4.78, 5) is 9.76. The van der Waals surface area contributed by atoms with Crippen LogP contribution >= 0.6 is 0 Å². The Morgan fingerprint density at radius 3 is 2.23 bits per heavy atom. The fraction of sp³-hybridized carbons (Fsp3) is 0.107. The summed E-state index contributed by atoms with van der Waals surface area (Å²) in [5.41, 5.74) is 6.35. The minimum Gasteiger partial charge on any atom is -0.496 e. The second kappa shape index (κ2) is 8.70. The molecule has 0 spiro atoms. The van der Waals surface area contributed by atoms with Gasteiger partial charge in [0.2, 0.25) is 0 Å². The van der Waals surface area contributed by atoms with Crippen molar-refractivity contribution in [2.24, 2.45) is 0 Å². The van der Waals surface area contributed by atoms with Gasteiger partial charge < -0.3 is 14.4 Å². The number of aromatic nitrogens is 5. The molecule has 0 unspecified atom stereocenters. The van der Waals surface area contributed by atoms with Crippen LogP contribution in [0.5, 0.6) is 5.75 Å². The monoisotopic (exact) mass is 461 g/mol. The summed E-state index contributed by atoms with van der Waals surface area (Å²) >= 11 is 0. The van der Waals surface area contributed by atoms with E-state index in [0.29, 0.717) is 23.8 Å². The van der Waals surface area contributed by atoms with Crippen molar-refractivity contribution < 1.29 is 9.84 Å². The van der Waals surface area contributed by atoms with Gasteiger partial charge in [-0.1, -0.05) is 72.8 Å². The maximum Gasteiger partial charge on any atom is 0.185 e. The molecule has 1 N–H and O–H groups in total. The van der Waals surface area contributed by atoms with Crippen molar-refractivity contribution in [1.82, 2.24) is 24.1 Å². The van der Waals surface area contributed by atoms with Crippen LogP contribution in [0.1, 0.15) is 0 Å². The van der Waals surface area contributed by atoms with E-state index in [-0.39, 0.29) is 6.61 Å². The number of fused-ring (bicyclic) bond motifs is 3. The maximum atomic E-state index is 9.96. The van der Waals surface area contributed by atoms with Gasteiger partial charge in [0.25, 0.3) is 0 Å². The van der Waals surface area contributed by atoms with Crippen LogP contribution in [0.25, 0.3) is 50.5 Å². The molecule has 0 aliphatic rings. The molecule has 6 aromatic rings. The highest BCUT2D eigenvalue weighted by atomic mass is 16.5. The molecule has 0 saturated heterocycles. The van der Waals surface area contributed by atoms with E-state index in [1.165, 1.54) is 0 Å². The van der Waals surface area contributed by atoms with Crippen molar-refractivity contribution in [1.29, 1.82) is 0 Å². The van der Waals surface area contributed by atoms with E-state index in [2.05, 4.69) is 28.8 Å². The van der Waals surface area contributed by atoms with E-state index in [4.69, 9.17) is 19.8 Å². The van der Waals surface area contributed by atoms with Crippen LogP contribution in [0.3, 0.4) is 0 Å². The smallest absolute Gasteiger partial charge is 0.185 e. The zero-order chi connectivity index (χ0) is 23.8. The van der Waals surface area contributed by atoms with E-state index in [1.807, 2.05) is 60.7 Å². The largest absolute Gasteiger partial charge is 0.496 e. The zero-order valence-electron chi connectivity index (χ0n) is 19.2. The Bertz CT molecular complexity index is 1640. The average Bonchev–Trinajstić information content (AvgIpc) is 3.49. The molecule has 3 heterocycles. The minimum atomic E-state index is -0.0101. The summed E-state index contributed by atoms with van der Waals surface area (Å²) in [5, 5.41) is 15.6. The first-order valence-corrected chi connectivity index (χ1v) is 11.4. The predicted octanol–water partition coefficient (Wildman–Crippen LogP) is 5.08. The highest BCUT2D eigenvalue weighted by Crippen LogP contribution is 2.42. The van der Waals surface area contributed by atoms with Crippen LogP contribution in [0, 0.1) is 0 Å². The molecule has 3 aromatic heterocycles. The summed E-state index contributed by atoms with van der Waals surface area (Å²) in [7, 11) is 1.64. The summed E-state index contributed by atoms with van der Waals surface area (Å²) in [6.07, 6.45) is 1.68. The summed E-state index contributed by atoms with van der Waals surface area (Å²) in [5.74, 6) is 1.27. The first-order valence-electron chi connectivity index (χ1n) is 11.4. The summed E-state index contributed by atoms with van der Waals surface area (Å²) in [6, 6.07) is 28.1. The summed E-state index contributed by atoms with van der Waals surface area (Å²) < 4.78 is 9.34. The number of rotatable bonds is 6. The van der Waals surface area contributed by atoms with Gasteiger partial charge in [-0.3, -0.25) is 0 Å². The highest BCUT2D eigenvalue weighted by molar-refractivity contribution is 6.09. The molecule has 0 atom stereocenters. The lowest BCUT2D eigenvalue weighted by Gasteiger charge is -2.11. The fourth-order valence-corrected chi connectivity index (χ4v) is 4.68. The number of aliphatic hydroxyl groups is 1. The maximum absolute atomic E-state index is 9.96. The second-order valence-electron chi connectivity index (χ2n) is 8.18. The highest BCUT2D eigenvalue weighted by Gasteiger charge is 2.25. The van der Waals surface area contributed by atoms with Crippen molar-refractivity contribution >= 4 is 16.7 Å². The van der Waals surface area contributed by atoms with E-state index >= 15 is 0 Å². The lowest BCUT2D eigenvalue weighted by atomic mass is 9.99. The molecule has 0 fully saturated rings. The first-order chi connectivity index (χ1) is 17.3. The second-order valence-corrected chi connectivity index (χ2v) is 8.18. The molecule has 0 bridgehead atoms.